The van der Waals surface area contributed by atoms with Crippen molar-refractivity contribution in [2.75, 3.05) is 0 Å². The first kappa shape index (κ1) is 12.6. The summed E-state index contributed by atoms with van der Waals surface area (Å²) < 4.78 is 0. The number of hydrogen-bond acceptors (Lipinski definition) is 3. The molecule has 3 heteroatoms. The lowest BCUT2D eigenvalue weighted by molar-refractivity contribution is 0.329. The van der Waals surface area contributed by atoms with Crippen LogP contribution >= 0.6 is 0 Å². The SMILES string of the molecule is CCC1C(NC(C)C)NNC1c1ccccc1. The maximum atomic E-state index is 3.57. The van der Waals surface area contributed by atoms with E-state index in [1.54, 1.807) is 0 Å². The number of benzene rings is 1. The predicted octanol–water partition coefficient (Wildman–Crippen LogP) is 2.19. The van der Waals surface area contributed by atoms with Crippen molar-refractivity contribution in [3.05, 3.63) is 35.9 Å². The largest absolute Gasteiger partial charge is 0.298 e. The quantitative estimate of drug-likeness (QED) is 0.746. The zero-order chi connectivity index (χ0) is 12.3. The minimum atomic E-state index is 0.352. The number of rotatable bonds is 4. The van der Waals surface area contributed by atoms with E-state index < -0.39 is 0 Å². The summed E-state index contributed by atoms with van der Waals surface area (Å²) in [5.74, 6) is 0.583. The van der Waals surface area contributed by atoms with Gasteiger partial charge < -0.3 is 0 Å². The van der Waals surface area contributed by atoms with Crippen LogP contribution in [0, 0.1) is 5.92 Å². The molecule has 17 heavy (non-hydrogen) atoms. The Balaban J connectivity index is 2.10. The van der Waals surface area contributed by atoms with Gasteiger partial charge in [0.1, 0.15) is 0 Å². The summed E-state index contributed by atoms with van der Waals surface area (Å²) >= 11 is 0. The fourth-order valence-corrected chi connectivity index (χ4v) is 2.57. The molecule has 3 unspecified atom stereocenters. The fraction of sp³-hybridized carbons (Fsp3) is 0.571. The van der Waals surface area contributed by atoms with Gasteiger partial charge >= 0.3 is 0 Å². The number of nitrogens with one attached hydrogen (secondary N) is 3. The average Bonchev–Trinajstić information content (AvgIpc) is 2.72. The van der Waals surface area contributed by atoms with Gasteiger partial charge in [0.15, 0.2) is 0 Å². The summed E-state index contributed by atoms with van der Waals surface area (Å²) in [7, 11) is 0. The van der Waals surface area contributed by atoms with Gasteiger partial charge in [-0.2, -0.15) is 0 Å². The molecule has 3 N–H and O–H groups in total. The molecule has 3 nitrogen and oxygen atoms in total. The highest BCUT2D eigenvalue weighted by Gasteiger charge is 2.35. The molecule has 2 rings (SSSR count). The van der Waals surface area contributed by atoms with E-state index >= 15 is 0 Å². The molecule has 3 atom stereocenters. The van der Waals surface area contributed by atoms with Crippen LogP contribution in [-0.2, 0) is 0 Å². The van der Waals surface area contributed by atoms with Gasteiger partial charge in [-0.1, -0.05) is 37.3 Å². The molecule has 0 saturated carbocycles. The van der Waals surface area contributed by atoms with Crippen LogP contribution in [0.4, 0.5) is 0 Å². The molecule has 0 aliphatic carbocycles. The molecule has 1 aromatic carbocycles. The van der Waals surface area contributed by atoms with E-state index in [2.05, 4.69) is 67.3 Å². The monoisotopic (exact) mass is 233 g/mol. The Morgan fingerprint density at radius 3 is 2.47 bits per heavy atom. The van der Waals surface area contributed by atoms with Gasteiger partial charge in [-0.15, -0.1) is 0 Å². The van der Waals surface area contributed by atoms with Gasteiger partial charge in [0.2, 0.25) is 0 Å². The summed E-state index contributed by atoms with van der Waals surface area (Å²) in [4.78, 5) is 0. The van der Waals surface area contributed by atoms with Crippen molar-refractivity contribution in [2.45, 2.75) is 45.4 Å². The summed E-state index contributed by atoms with van der Waals surface area (Å²) in [6.07, 6.45) is 1.51. The average molecular weight is 233 g/mol. The van der Waals surface area contributed by atoms with Gasteiger partial charge in [0.05, 0.1) is 12.2 Å². The second kappa shape index (κ2) is 5.63. The Hall–Kier alpha value is -0.900. The second-order valence-electron chi connectivity index (χ2n) is 5.05. The van der Waals surface area contributed by atoms with Crippen LogP contribution in [0.2, 0.25) is 0 Å². The molecule has 1 fully saturated rings. The molecule has 0 aromatic heterocycles. The molecular weight excluding hydrogens is 210 g/mol. The molecule has 1 saturated heterocycles. The topological polar surface area (TPSA) is 36.1 Å². The molecule has 0 radical (unpaired) electrons. The van der Waals surface area contributed by atoms with E-state index in [4.69, 9.17) is 0 Å². The van der Waals surface area contributed by atoms with E-state index in [-0.39, 0.29) is 0 Å². The van der Waals surface area contributed by atoms with Crippen LogP contribution < -0.4 is 16.2 Å². The van der Waals surface area contributed by atoms with Crippen LogP contribution in [-0.4, -0.2) is 12.2 Å². The van der Waals surface area contributed by atoms with Gasteiger partial charge in [0, 0.05) is 12.0 Å². The Kier molecular flexibility index (Phi) is 4.15. The summed E-state index contributed by atoms with van der Waals surface area (Å²) in [5, 5.41) is 3.57. The van der Waals surface area contributed by atoms with Crippen LogP contribution in [0.5, 0.6) is 0 Å². The third-order valence-corrected chi connectivity index (χ3v) is 3.39. The van der Waals surface area contributed by atoms with E-state index in [1.807, 2.05) is 0 Å². The van der Waals surface area contributed by atoms with Gasteiger partial charge in [-0.05, 0) is 25.8 Å². The standard InChI is InChI=1S/C14H23N3/c1-4-12-13(11-8-6-5-7-9-11)16-17-14(12)15-10(2)3/h5-10,12-17H,4H2,1-3H3. The maximum absolute atomic E-state index is 3.57. The molecule has 1 aliphatic heterocycles. The fourth-order valence-electron chi connectivity index (χ4n) is 2.57. The van der Waals surface area contributed by atoms with Crippen LogP contribution in [0.1, 0.15) is 38.8 Å². The Morgan fingerprint density at radius 2 is 1.88 bits per heavy atom. The smallest absolute Gasteiger partial charge is 0.0753 e. The van der Waals surface area contributed by atoms with Crippen molar-refractivity contribution in [3.63, 3.8) is 0 Å². The van der Waals surface area contributed by atoms with Crippen molar-refractivity contribution in [1.82, 2.24) is 16.2 Å². The Bertz CT molecular complexity index is 337. The molecule has 0 amide bonds. The first-order chi connectivity index (χ1) is 8.22. The molecule has 94 valence electrons. The van der Waals surface area contributed by atoms with Gasteiger partial charge in [0.25, 0.3) is 0 Å². The lowest BCUT2D eigenvalue weighted by Gasteiger charge is -2.24. The van der Waals surface area contributed by atoms with E-state index in [0.29, 0.717) is 24.2 Å². The first-order valence-corrected chi connectivity index (χ1v) is 6.54. The summed E-state index contributed by atoms with van der Waals surface area (Å²) in [6, 6.07) is 11.6. The van der Waals surface area contributed by atoms with Gasteiger partial charge in [-0.25, -0.2) is 10.9 Å². The first-order valence-electron chi connectivity index (χ1n) is 6.54. The minimum Gasteiger partial charge on any atom is -0.298 e. The van der Waals surface area contributed by atoms with Crippen molar-refractivity contribution < 1.29 is 0 Å². The van der Waals surface area contributed by atoms with Crippen molar-refractivity contribution in [1.29, 1.82) is 0 Å². The zero-order valence-corrected chi connectivity index (χ0v) is 10.9. The molecule has 0 spiro atoms. The Morgan fingerprint density at radius 1 is 1.18 bits per heavy atom. The minimum absolute atomic E-state index is 0.352. The second-order valence-corrected chi connectivity index (χ2v) is 5.05. The molecule has 1 heterocycles. The van der Waals surface area contributed by atoms with E-state index in [9.17, 15) is 0 Å². The lowest BCUT2D eigenvalue weighted by atomic mass is 9.90. The number of hydrazine groups is 1. The van der Waals surface area contributed by atoms with Crippen molar-refractivity contribution >= 4 is 0 Å². The van der Waals surface area contributed by atoms with Crippen molar-refractivity contribution in [2.24, 2.45) is 5.92 Å². The third-order valence-electron chi connectivity index (χ3n) is 3.39. The highest BCUT2D eigenvalue weighted by Crippen LogP contribution is 2.30. The zero-order valence-electron chi connectivity index (χ0n) is 10.9. The van der Waals surface area contributed by atoms with E-state index in [1.165, 1.54) is 5.56 Å². The number of hydrogen-bond donors (Lipinski definition) is 3. The summed E-state index contributed by atoms with van der Waals surface area (Å²) in [6.45, 7) is 6.62. The van der Waals surface area contributed by atoms with Crippen molar-refractivity contribution in [3.8, 4) is 0 Å². The van der Waals surface area contributed by atoms with Gasteiger partial charge in [-0.3, -0.25) is 5.32 Å². The predicted molar refractivity (Wildman–Crippen MR) is 71.3 cm³/mol. The molecule has 1 aromatic rings. The molecule has 1 aliphatic rings. The highest BCUT2D eigenvalue weighted by atomic mass is 15.5. The molecular formula is C14H23N3. The van der Waals surface area contributed by atoms with Crippen LogP contribution in [0.15, 0.2) is 30.3 Å². The van der Waals surface area contributed by atoms with Crippen LogP contribution in [0.25, 0.3) is 0 Å². The van der Waals surface area contributed by atoms with E-state index in [0.717, 1.165) is 6.42 Å². The maximum Gasteiger partial charge on any atom is 0.0753 e. The Labute approximate surface area is 104 Å². The molecule has 0 bridgehead atoms. The lowest BCUT2D eigenvalue weighted by Crippen LogP contribution is -2.46. The normalized spacial score (nSPS) is 28.8. The van der Waals surface area contributed by atoms with Crippen LogP contribution in [0.3, 0.4) is 0 Å². The highest BCUT2D eigenvalue weighted by molar-refractivity contribution is 5.21. The summed E-state index contributed by atoms with van der Waals surface area (Å²) in [5.41, 5.74) is 8.15. The third kappa shape index (κ3) is 2.86.